The van der Waals surface area contributed by atoms with Gasteiger partial charge < -0.3 is 4.42 Å². The number of nitrogens with zero attached hydrogens (tertiary/aromatic N) is 3. The fourth-order valence-electron chi connectivity index (χ4n) is 9.15. The fraction of sp³-hybridized carbons (Fsp3) is 0. The summed E-state index contributed by atoms with van der Waals surface area (Å²) < 4.78 is 6.59. The predicted molar refractivity (Wildman–Crippen MR) is 260 cm³/mol. The molecule has 0 aliphatic carbocycles. The monoisotopic (exact) mass is 803 g/mol. The Bertz CT molecular complexity index is 3690. The maximum absolute atomic E-state index is 6.59. The number of hydrogen-bond acceptors (Lipinski definition) is 4. The van der Waals surface area contributed by atoms with Crippen molar-refractivity contribution in [1.82, 2.24) is 15.0 Å². The Hall–Kier alpha value is -8.47. The minimum Gasteiger partial charge on any atom is -0.455 e. The van der Waals surface area contributed by atoms with E-state index in [-0.39, 0.29) is 0 Å². The Morgan fingerprint density at radius 3 is 1.46 bits per heavy atom. The number of hydrogen-bond donors (Lipinski definition) is 0. The highest BCUT2D eigenvalue weighted by Gasteiger charge is 2.21. The number of rotatable bonds is 7. The Balaban J connectivity index is 1.08. The van der Waals surface area contributed by atoms with Crippen molar-refractivity contribution < 1.29 is 4.42 Å². The summed E-state index contributed by atoms with van der Waals surface area (Å²) in [6.45, 7) is 0. The van der Waals surface area contributed by atoms with Gasteiger partial charge in [0, 0.05) is 33.0 Å². The zero-order valence-corrected chi connectivity index (χ0v) is 34.1. The third-order valence-electron chi connectivity index (χ3n) is 12.2. The van der Waals surface area contributed by atoms with Crippen molar-refractivity contribution in [1.29, 1.82) is 0 Å². The summed E-state index contributed by atoms with van der Waals surface area (Å²) in [5, 5.41) is 6.81. The van der Waals surface area contributed by atoms with Gasteiger partial charge in [-0.2, -0.15) is 0 Å². The minimum absolute atomic E-state index is 0.578. The summed E-state index contributed by atoms with van der Waals surface area (Å²) in [6.07, 6.45) is 0. The molecular formula is C59H37N3O. The first-order valence-corrected chi connectivity index (χ1v) is 21.3. The van der Waals surface area contributed by atoms with E-state index < -0.39 is 0 Å². The van der Waals surface area contributed by atoms with Crippen LogP contribution in [0.15, 0.2) is 229 Å². The molecule has 0 aliphatic heterocycles. The van der Waals surface area contributed by atoms with Crippen LogP contribution in [0.5, 0.6) is 0 Å². The largest absolute Gasteiger partial charge is 0.455 e. The van der Waals surface area contributed by atoms with Crippen molar-refractivity contribution in [3.8, 4) is 78.7 Å². The Labute approximate surface area is 364 Å². The lowest BCUT2D eigenvalue weighted by Gasteiger charge is -2.16. The molecule has 0 fully saturated rings. The van der Waals surface area contributed by atoms with Gasteiger partial charge in [0.1, 0.15) is 11.2 Å². The van der Waals surface area contributed by atoms with Gasteiger partial charge in [-0.15, -0.1) is 0 Å². The molecule has 0 unspecified atom stereocenters. The number of furan rings is 1. The Kier molecular flexibility index (Phi) is 8.79. The molecule has 0 amide bonds. The lowest BCUT2D eigenvalue weighted by atomic mass is 9.91. The first-order valence-electron chi connectivity index (χ1n) is 21.3. The van der Waals surface area contributed by atoms with Gasteiger partial charge in [-0.1, -0.05) is 200 Å². The van der Waals surface area contributed by atoms with Gasteiger partial charge in [-0.25, -0.2) is 15.0 Å². The molecule has 2 heterocycles. The standard InChI is InChI=1S/C59H37N3O/c1-3-17-38(18-4-1)44-33-34-45(47-26-10-9-25-46(44)47)42-23-15-24-43(35-42)57-60-58(52-29-12-11-27-48(52)50-30-16-31-51-49-28-13-14-32-55(49)63-56(50)51)62-59(61-57)54-37-41-22-8-7-21-40(41)36-53(54)39-19-5-2-6-20-39/h1-37H. The number of aromatic nitrogens is 3. The van der Waals surface area contributed by atoms with E-state index in [0.29, 0.717) is 17.5 Å². The average Bonchev–Trinajstić information content (AvgIpc) is 3.75. The topological polar surface area (TPSA) is 51.8 Å². The summed E-state index contributed by atoms with van der Waals surface area (Å²) in [6, 6.07) is 78.7. The molecule has 63 heavy (non-hydrogen) atoms. The second-order valence-corrected chi connectivity index (χ2v) is 15.9. The Morgan fingerprint density at radius 1 is 0.254 bits per heavy atom. The number of para-hydroxylation sites is 2. The molecule has 0 spiro atoms. The van der Waals surface area contributed by atoms with Crippen LogP contribution >= 0.6 is 0 Å². The highest BCUT2D eigenvalue weighted by Crippen LogP contribution is 2.42. The van der Waals surface area contributed by atoms with E-state index in [9.17, 15) is 0 Å². The van der Waals surface area contributed by atoms with Crippen LogP contribution in [-0.2, 0) is 0 Å². The normalized spacial score (nSPS) is 11.5. The van der Waals surface area contributed by atoms with Gasteiger partial charge in [0.2, 0.25) is 0 Å². The van der Waals surface area contributed by atoms with Crippen LogP contribution in [0.3, 0.4) is 0 Å². The fourth-order valence-corrected chi connectivity index (χ4v) is 9.15. The molecular weight excluding hydrogens is 767 g/mol. The Morgan fingerprint density at radius 2 is 0.730 bits per heavy atom. The van der Waals surface area contributed by atoms with E-state index in [1.165, 1.54) is 21.9 Å². The van der Waals surface area contributed by atoms with E-state index >= 15 is 0 Å². The van der Waals surface area contributed by atoms with Crippen LogP contribution in [0.2, 0.25) is 0 Å². The minimum atomic E-state index is 0.578. The average molecular weight is 804 g/mol. The summed E-state index contributed by atoms with van der Waals surface area (Å²) in [4.78, 5) is 16.2. The zero-order valence-electron chi connectivity index (χ0n) is 34.1. The van der Waals surface area contributed by atoms with Gasteiger partial charge in [0.05, 0.1) is 0 Å². The van der Waals surface area contributed by atoms with E-state index in [1.54, 1.807) is 0 Å². The van der Waals surface area contributed by atoms with Crippen molar-refractivity contribution in [3.63, 3.8) is 0 Å². The van der Waals surface area contributed by atoms with Crippen molar-refractivity contribution >= 4 is 43.5 Å². The molecule has 0 radical (unpaired) electrons. The summed E-state index contributed by atoms with van der Waals surface area (Å²) in [5.41, 5.74) is 13.1. The molecule has 10 aromatic carbocycles. The molecule has 0 bridgehead atoms. The van der Waals surface area contributed by atoms with E-state index in [2.05, 4.69) is 206 Å². The zero-order chi connectivity index (χ0) is 41.7. The highest BCUT2D eigenvalue weighted by molar-refractivity contribution is 6.10. The lowest BCUT2D eigenvalue weighted by molar-refractivity contribution is 0.670. The van der Waals surface area contributed by atoms with Gasteiger partial charge in [0.25, 0.3) is 0 Å². The number of benzene rings is 10. The molecule has 12 rings (SSSR count). The quantitative estimate of drug-likeness (QED) is 0.161. The molecule has 0 aliphatic rings. The molecule has 0 saturated carbocycles. The smallest absolute Gasteiger partial charge is 0.164 e. The molecule has 0 saturated heterocycles. The highest BCUT2D eigenvalue weighted by atomic mass is 16.3. The lowest BCUT2D eigenvalue weighted by Crippen LogP contribution is -2.02. The van der Waals surface area contributed by atoms with Crippen molar-refractivity contribution in [2.45, 2.75) is 0 Å². The molecule has 0 N–H and O–H groups in total. The van der Waals surface area contributed by atoms with Crippen LogP contribution in [0.4, 0.5) is 0 Å². The van der Waals surface area contributed by atoms with Crippen LogP contribution in [-0.4, -0.2) is 15.0 Å². The van der Waals surface area contributed by atoms with Gasteiger partial charge >= 0.3 is 0 Å². The van der Waals surface area contributed by atoms with E-state index in [4.69, 9.17) is 19.4 Å². The third kappa shape index (κ3) is 6.44. The third-order valence-corrected chi connectivity index (χ3v) is 12.2. The summed E-state index contributed by atoms with van der Waals surface area (Å²) in [7, 11) is 0. The first kappa shape index (κ1) is 36.4. The van der Waals surface area contributed by atoms with Gasteiger partial charge in [-0.3, -0.25) is 0 Å². The van der Waals surface area contributed by atoms with E-state index in [1.807, 2.05) is 18.2 Å². The van der Waals surface area contributed by atoms with Gasteiger partial charge in [-0.05, 0) is 84.8 Å². The van der Waals surface area contributed by atoms with Crippen LogP contribution in [0.1, 0.15) is 0 Å². The second kappa shape index (κ2) is 15.2. The van der Waals surface area contributed by atoms with Gasteiger partial charge in [0.15, 0.2) is 17.5 Å². The van der Waals surface area contributed by atoms with Crippen LogP contribution in [0.25, 0.3) is 122 Å². The molecule has 4 nitrogen and oxygen atoms in total. The maximum atomic E-state index is 6.59. The molecule has 12 aromatic rings. The predicted octanol–water partition coefficient (Wildman–Crippen LogP) is 15.7. The SMILES string of the molecule is c1ccc(-c2cc3ccccc3cc2-c2nc(-c3cccc(-c4ccc(-c5ccccc5)c5ccccc45)c3)nc(-c3ccccc3-c3cccc4c3oc3ccccc34)n2)cc1. The molecule has 0 atom stereocenters. The molecule has 294 valence electrons. The summed E-state index contributed by atoms with van der Waals surface area (Å²) in [5.74, 6) is 1.76. The molecule has 4 heteroatoms. The van der Waals surface area contributed by atoms with Crippen molar-refractivity contribution in [2.24, 2.45) is 0 Å². The van der Waals surface area contributed by atoms with Crippen LogP contribution in [0, 0.1) is 0 Å². The van der Waals surface area contributed by atoms with Crippen molar-refractivity contribution in [3.05, 3.63) is 224 Å². The first-order chi connectivity index (χ1) is 31.2. The maximum Gasteiger partial charge on any atom is 0.164 e. The summed E-state index contributed by atoms with van der Waals surface area (Å²) >= 11 is 0. The second-order valence-electron chi connectivity index (χ2n) is 15.9. The van der Waals surface area contributed by atoms with Crippen molar-refractivity contribution in [2.75, 3.05) is 0 Å². The van der Waals surface area contributed by atoms with Crippen LogP contribution < -0.4 is 0 Å². The molecule has 2 aromatic heterocycles. The number of fused-ring (bicyclic) bond motifs is 5. The van der Waals surface area contributed by atoms with E-state index in [0.717, 1.165) is 82.8 Å².